The van der Waals surface area contributed by atoms with E-state index in [1.165, 1.54) is 0 Å². The van der Waals surface area contributed by atoms with Crippen LogP contribution in [-0.2, 0) is 0 Å². The number of rotatable bonds is 4. The first-order chi connectivity index (χ1) is 12.2. The maximum Gasteiger partial charge on any atom is 0.254 e. The molecule has 2 aliphatic rings. The van der Waals surface area contributed by atoms with Gasteiger partial charge in [0.1, 0.15) is 6.10 Å². The number of amides is 1. The van der Waals surface area contributed by atoms with Crippen LogP contribution >= 0.6 is 11.3 Å². The zero-order valence-corrected chi connectivity index (χ0v) is 14.6. The van der Waals surface area contributed by atoms with Gasteiger partial charge in [-0.2, -0.15) is 0 Å². The molecule has 0 saturated carbocycles. The van der Waals surface area contributed by atoms with E-state index in [0.717, 1.165) is 18.0 Å². The second-order valence-corrected chi connectivity index (χ2v) is 7.17. The number of piperazine rings is 1. The molecule has 0 bridgehead atoms. The summed E-state index contributed by atoms with van der Waals surface area (Å²) in [7, 11) is 0. The van der Waals surface area contributed by atoms with Gasteiger partial charge >= 0.3 is 0 Å². The molecule has 4 rings (SSSR count). The number of β-amino-alcohol motifs (C(OH)–C–C–N with tert-alkyl or cyclic N) is 1. The standard InChI is InChI=1S/C18H20N2O4S/c21-14(17-2-1-9-25-17)11-19-5-7-20(8-6-19)18(22)13-3-4-15-16(10-13)24-12-23-15/h1-4,9-10,14,21H,5-8,11-12H2/t14-/m1/s1. The Balaban J connectivity index is 1.33. The molecule has 2 aliphatic heterocycles. The van der Waals surface area contributed by atoms with E-state index in [9.17, 15) is 9.90 Å². The van der Waals surface area contributed by atoms with Crippen LogP contribution in [0.25, 0.3) is 0 Å². The van der Waals surface area contributed by atoms with Crippen molar-refractivity contribution in [2.24, 2.45) is 0 Å². The van der Waals surface area contributed by atoms with Crippen molar-refractivity contribution in [3.8, 4) is 11.5 Å². The SMILES string of the molecule is O=C(c1ccc2c(c1)OCO2)N1CCN(C[C@@H](O)c2cccs2)CC1. The van der Waals surface area contributed by atoms with Crippen LogP contribution in [0.3, 0.4) is 0 Å². The van der Waals surface area contributed by atoms with Gasteiger partial charge in [-0.25, -0.2) is 0 Å². The highest BCUT2D eigenvalue weighted by molar-refractivity contribution is 7.10. The summed E-state index contributed by atoms with van der Waals surface area (Å²) < 4.78 is 10.6. The maximum absolute atomic E-state index is 12.7. The molecule has 1 aromatic heterocycles. The number of ether oxygens (including phenoxy) is 2. The molecule has 0 aliphatic carbocycles. The van der Waals surface area contributed by atoms with Crippen molar-refractivity contribution in [1.29, 1.82) is 0 Å². The summed E-state index contributed by atoms with van der Waals surface area (Å²) in [6.45, 7) is 3.65. The van der Waals surface area contributed by atoms with Gasteiger partial charge < -0.3 is 19.5 Å². The highest BCUT2D eigenvalue weighted by Crippen LogP contribution is 2.33. The summed E-state index contributed by atoms with van der Waals surface area (Å²) in [6.07, 6.45) is -0.462. The number of aliphatic hydroxyl groups is 1. The number of aliphatic hydroxyl groups excluding tert-OH is 1. The topological polar surface area (TPSA) is 62.2 Å². The Labute approximate surface area is 150 Å². The molecule has 1 saturated heterocycles. The molecule has 0 radical (unpaired) electrons. The molecule has 6 nitrogen and oxygen atoms in total. The molecule has 1 N–H and O–H groups in total. The van der Waals surface area contributed by atoms with Crippen LogP contribution < -0.4 is 9.47 Å². The number of benzene rings is 1. The average Bonchev–Trinajstić information content (AvgIpc) is 3.32. The number of fused-ring (bicyclic) bond motifs is 1. The third-order valence-corrected chi connectivity index (χ3v) is 5.56. The lowest BCUT2D eigenvalue weighted by Crippen LogP contribution is -2.49. The first kappa shape index (κ1) is 16.4. The van der Waals surface area contributed by atoms with Crippen LogP contribution in [0.5, 0.6) is 11.5 Å². The highest BCUT2D eigenvalue weighted by Gasteiger charge is 2.25. The number of hydrogen-bond acceptors (Lipinski definition) is 6. The van der Waals surface area contributed by atoms with Gasteiger partial charge in [0.2, 0.25) is 6.79 Å². The molecule has 1 amide bonds. The largest absolute Gasteiger partial charge is 0.454 e. The Morgan fingerprint density at radius 3 is 2.72 bits per heavy atom. The van der Waals surface area contributed by atoms with Crippen LogP contribution in [0.1, 0.15) is 21.3 Å². The molecule has 7 heteroatoms. The van der Waals surface area contributed by atoms with Crippen molar-refractivity contribution in [2.75, 3.05) is 39.5 Å². The van der Waals surface area contributed by atoms with Gasteiger partial charge in [0, 0.05) is 43.2 Å². The average molecular weight is 360 g/mol. The number of carbonyl (C=O) groups excluding carboxylic acids is 1. The molecule has 0 unspecified atom stereocenters. The van der Waals surface area contributed by atoms with E-state index < -0.39 is 6.10 Å². The fraction of sp³-hybridized carbons (Fsp3) is 0.389. The maximum atomic E-state index is 12.7. The molecule has 25 heavy (non-hydrogen) atoms. The van der Waals surface area contributed by atoms with Crippen molar-refractivity contribution in [1.82, 2.24) is 9.80 Å². The smallest absolute Gasteiger partial charge is 0.254 e. The summed E-state index contributed by atoms with van der Waals surface area (Å²) in [4.78, 5) is 17.7. The van der Waals surface area contributed by atoms with Crippen molar-refractivity contribution in [3.05, 3.63) is 46.2 Å². The minimum absolute atomic E-state index is 0.0109. The Hall–Kier alpha value is -2.09. The number of carbonyl (C=O) groups is 1. The van der Waals surface area contributed by atoms with Gasteiger partial charge in [0.15, 0.2) is 11.5 Å². The van der Waals surface area contributed by atoms with Gasteiger partial charge in [0.05, 0.1) is 0 Å². The third kappa shape index (κ3) is 3.49. The van der Waals surface area contributed by atoms with Crippen molar-refractivity contribution >= 4 is 17.2 Å². The quantitative estimate of drug-likeness (QED) is 0.903. The van der Waals surface area contributed by atoms with Crippen LogP contribution in [0.4, 0.5) is 0 Å². The van der Waals surface area contributed by atoms with Gasteiger partial charge in [-0.1, -0.05) is 6.07 Å². The van der Waals surface area contributed by atoms with Gasteiger partial charge in [0.25, 0.3) is 5.91 Å². The molecule has 132 valence electrons. The number of nitrogens with zero attached hydrogens (tertiary/aromatic N) is 2. The zero-order valence-electron chi connectivity index (χ0n) is 13.8. The Morgan fingerprint density at radius 2 is 1.96 bits per heavy atom. The summed E-state index contributed by atoms with van der Waals surface area (Å²) in [5, 5.41) is 12.2. The first-order valence-corrected chi connectivity index (χ1v) is 9.21. The first-order valence-electron chi connectivity index (χ1n) is 8.33. The normalized spacial score (nSPS) is 18.4. The minimum atomic E-state index is -0.462. The second-order valence-electron chi connectivity index (χ2n) is 6.19. The van der Waals surface area contributed by atoms with E-state index in [4.69, 9.17) is 9.47 Å². The van der Waals surface area contributed by atoms with E-state index >= 15 is 0 Å². The molecule has 1 fully saturated rings. The summed E-state index contributed by atoms with van der Waals surface area (Å²) in [6, 6.07) is 9.21. The predicted molar refractivity (Wildman–Crippen MR) is 94.2 cm³/mol. The Kier molecular flexibility index (Phi) is 4.61. The summed E-state index contributed by atoms with van der Waals surface area (Å²) in [5.41, 5.74) is 0.622. The minimum Gasteiger partial charge on any atom is -0.454 e. The molecule has 0 spiro atoms. The molecule has 2 aromatic rings. The van der Waals surface area contributed by atoms with E-state index in [1.54, 1.807) is 29.5 Å². The fourth-order valence-electron chi connectivity index (χ4n) is 3.16. The Morgan fingerprint density at radius 1 is 1.16 bits per heavy atom. The second kappa shape index (κ2) is 7.03. The highest BCUT2D eigenvalue weighted by atomic mass is 32.1. The molecular weight excluding hydrogens is 340 g/mol. The van der Waals surface area contributed by atoms with Gasteiger partial charge in [-0.3, -0.25) is 9.69 Å². The van der Waals surface area contributed by atoms with Crippen molar-refractivity contribution in [3.63, 3.8) is 0 Å². The van der Waals surface area contributed by atoms with E-state index in [2.05, 4.69) is 4.90 Å². The van der Waals surface area contributed by atoms with Crippen LogP contribution in [0.15, 0.2) is 35.7 Å². The molecule has 3 heterocycles. The van der Waals surface area contributed by atoms with Crippen molar-refractivity contribution in [2.45, 2.75) is 6.10 Å². The third-order valence-electron chi connectivity index (χ3n) is 4.58. The lowest BCUT2D eigenvalue weighted by Gasteiger charge is -2.35. The lowest BCUT2D eigenvalue weighted by molar-refractivity contribution is 0.0532. The number of thiophene rings is 1. The van der Waals surface area contributed by atoms with Crippen molar-refractivity contribution < 1.29 is 19.4 Å². The molecule has 1 aromatic carbocycles. The number of hydrogen-bond donors (Lipinski definition) is 1. The van der Waals surface area contributed by atoms with Crippen LogP contribution in [-0.4, -0.2) is 60.3 Å². The molecular formula is C18H20N2O4S. The zero-order chi connectivity index (χ0) is 17.2. The summed E-state index contributed by atoms with van der Waals surface area (Å²) in [5.74, 6) is 1.32. The Bertz CT molecular complexity index is 742. The lowest BCUT2D eigenvalue weighted by atomic mass is 10.1. The summed E-state index contributed by atoms with van der Waals surface area (Å²) >= 11 is 1.57. The van der Waals surface area contributed by atoms with E-state index in [-0.39, 0.29) is 12.7 Å². The fourth-order valence-corrected chi connectivity index (χ4v) is 3.86. The molecule has 1 atom stereocenters. The monoisotopic (exact) mass is 360 g/mol. The van der Waals surface area contributed by atoms with Gasteiger partial charge in [-0.15, -0.1) is 11.3 Å². The van der Waals surface area contributed by atoms with E-state index in [1.807, 2.05) is 22.4 Å². The van der Waals surface area contributed by atoms with E-state index in [0.29, 0.717) is 36.7 Å². The van der Waals surface area contributed by atoms with Crippen LogP contribution in [0.2, 0.25) is 0 Å². The predicted octanol–water partition coefficient (Wildman–Crippen LogP) is 1.97. The van der Waals surface area contributed by atoms with Crippen LogP contribution in [0, 0.1) is 0 Å². The van der Waals surface area contributed by atoms with Gasteiger partial charge in [-0.05, 0) is 29.6 Å².